The highest BCUT2D eigenvalue weighted by molar-refractivity contribution is 9.10. The molecule has 1 atom stereocenters. The molecule has 0 aliphatic heterocycles. The van der Waals surface area contributed by atoms with Crippen molar-refractivity contribution in [2.45, 2.75) is 12.5 Å². The molecule has 4 nitrogen and oxygen atoms in total. The molecule has 1 aromatic heterocycles. The average molecular weight is 359 g/mol. The van der Waals surface area contributed by atoms with E-state index in [1.165, 1.54) is 6.26 Å². The van der Waals surface area contributed by atoms with Gasteiger partial charge in [0, 0.05) is 16.6 Å². The molecule has 0 spiro atoms. The van der Waals surface area contributed by atoms with Crippen molar-refractivity contribution in [2.75, 3.05) is 11.2 Å². The number of aliphatic hydroxyl groups is 1. The fourth-order valence-corrected chi connectivity index (χ4v) is 2.30. The van der Waals surface area contributed by atoms with Gasteiger partial charge in [0.05, 0.1) is 6.26 Å². The number of furan rings is 1. The van der Waals surface area contributed by atoms with E-state index in [0.717, 1.165) is 10.0 Å². The number of rotatable bonds is 5. The Labute approximate surface area is 129 Å². The fraction of sp³-hybridized carbons (Fsp3) is 0.214. The van der Waals surface area contributed by atoms with Crippen LogP contribution in [0.5, 0.6) is 0 Å². The summed E-state index contributed by atoms with van der Waals surface area (Å²) in [6.07, 6.45) is 1.06. The highest BCUT2D eigenvalue weighted by Gasteiger charge is 2.15. The van der Waals surface area contributed by atoms with E-state index < -0.39 is 6.10 Å². The SMILES string of the molecule is O=C(CCl)Nc1ccc(Br)cc1CC(O)c1ccco1. The van der Waals surface area contributed by atoms with Crippen LogP contribution in [-0.4, -0.2) is 16.9 Å². The van der Waals surface area contributed by atoms with Crippen LogP contribution < -0.4 is 5.32 Å². The maximum absolute atomic E-state index is 11.4. The van der Waals surface area contributed by atoms with Crippen LogP contribution in [0.2, 0.25) is 0 Å². The van der Waals surface area contributed by atoms with Gasteiger partial charge in [-0.1, -0.05) is 15.9 Å². The molecule has 0 aliphatic rings. The molecule has 0 saturated carbocycles. The Morgan fingerprint density at radius 3 is 2.90 bits per heavy atom. The highest BCUT2D eigenvalue weighted by atomic mass is 79.9. The lowest BCUT2D eigenvalue weighted by Gasteiger charge is -2.13. The van der Waals surface area contributed by atoms with Gasteiger partial charge in [0.25, 0.3) is 0 Å². The second-order valence-corrected chi connectivity index (χ2v) is 5.40. The Bertz CT molecular complexity index is 586. The van der Waals surface area contributed by atoms with Crippen LogP contribution in [0, 0.1) is 0 Å². The van der Waals surface area contributed by atoms with E-state index in [1.807, 2.05) is 12.1 Å². The van der Waals surface area contributed by atoms with Gasteiger partial charge in [-0.3, -0.25) is 4.79 Å². The molecule has 1 amide bonds. The summed E-state index contributed by atoms with van der Waals surface area (Å²) < 4.78 is 6.03. The number of halogens is 2. The zero-order valence-corrected chi connectivity index (χ0v) is 12.8. The Kier molecular flexibility index (Phi) is 5.23. The fourth-order valence-electron chi connectivity index (χ4n) is 1.83. The minimum Gasteiger partial charge on any atom is -0.467 e. The zero-order valence-electron chi connectivity index (χ0n) is 10.5. The largest absolute Gasteiger partial charge is 0.467 e. The minimum absolute atomic E-state index is 0.115. The maximum atomic E-state index is 11.4. The number of hydrogen-bond acceptors (Lipinski definition) is 3. The lowest BCUT2D eigenvalue weighted by Crippen LogP contribution is -2.15. The third-order valence-electron chi connectivity index (χ3n) is 2.75. The van der Waals surface area contributed by atoms with Crippen LogP contribution in [0.15, 0.2) is 45.5 Å². The van der Waals surface area contributed by atoms with Crippen molar-refractivity contribution in [1.29, 1.82) is 0 Å². The smallest absolute Gasteiger partial charge is 0.239 e. The van der Waals surface area contributed by atoms with Gasteiger partial charge in [0.2, 0.25) is 5.91 Å². The highest BCUT2D eigenvalue weighted by Crippen LogP contribution is 2.26. The van der Waals surface area contributed by atoms with E-state index in [-0.39, 0.29) is 11.8 Å². The number of carbonyl (C=O) groups excluding carboxylic acids is 1. The van der Waals surface area contributed by atoms with E-state index in [2.05, 4.69) is 21.2 Å². The summed E-state index contributed by atoms with van der Waals surface area (Å²) in [6, 6.07) is 8.84. The van der Waals surface area contributed by atoms with Crippen LogP contribution in [0.1, 0.15) is 17.4 Å². The molecule has 20 heavy (non-hydrogen) atoms. The summed E-state index contributed by atoms with van der Waals surface area (Å²) in [5, 5.41) is 12.8. The average Bonchev–Trinajstić information content (AvgIpc) is 2.95. The molecule has 0 bridgehead atoms. The first-order chi connectivity index (χ1) is 9.60. The molecule has 2 aromatic rings. The van der Waals surface area contributed by atoms with Crippen molar-refractivity contribution in [3.05, 3.63) is 52.4 Å². The molecule has 106 valence electrons. The predicted octanol–water partition coefficient (Wildman–Crippen LogP) is 3.50. The van der Waals surface area contributed by atoms with Crippen molar-refractivity contribution >= 4 is 39.1 Å². The monoisotopic (exact) mass is 357 g/mol. The number of amides is 1. The Balaban J connectivity index is 2.20. The van der Waals surface area contributed by atoms with Crippen molar-refractivity contribution in [3.63, 3.8) is 0 Å². The molecule has 2 N–H and O–H groups in total. The van der Waals surface area contributed by atoms with E-state index in [9.17, 15) is 9.90 Å². The number of nitrogens with one attached hydrogen (secondary N) is 1. The topological polar surface area (TPSA) is 62.5 Å². The molecule has 1 unspecified atom stereocenters. The molecular weight excluding hydrogens is 346 g/mol. The van der Waals surface area contributed by atoms with Gasteiger partial charge >= 0.3 is 0 Å². The minimum atomic E-state index is -0.772. The normalized spacial score (nSPS) is 12.2. The number of carbonyl (C=O) groups is 1. The summed E-state index contributed by atoms with van der Waals surface area (Å²) in [4.78, 5) is 11.4. The third kappa shape index (κ3) is 3.85. The third-order valence-corrected chi connectivity index (χ3v) is 3.48. The van der Waals surface area contributed by atoms with Crippen LogP contribution in [0.3, 0.4) is 0 Å². The van der Waals surface area contributed by atoms with Gasteiger partial charge < -0.3 is 14.8 Å². The van der Waals surface area contributed by atoms with E-state index in [1.54, 1.807) is 18.2 Å². The first-order valence-corrected chi connectivity index (χ1v) is 7.28. The van der Waals surface area contributed by atoms with Gasteiger partial charge in [0.1, 0.15) is 17.7 Å². The van der Waals surface area contributed by atoms with Crippen LogP contribution >= 0.6 is 27.5 Å². The number of aliphatic hydroxyl groups excluding tert-OH is 1. The van der Waals surface area contributed by atoms with E-state index in [0.29, 0.717) is 17.9 Å². The summed E-state index contributed by atoms with van der Waals surface area (Å²) in [5.74, 6) is 0.0818. The molecule has 0 aliphatic carbocycles. The first-order valence-electron chi connectivity index (χ1n) is 5.96. The van der Waals surface area contributed by atoms with Gasteiger partial charge in [-0.2, -0.15) is 0 Å². The van der Waals surface area contributed by atoms with Gasteiger partial charge in [0.15, 0.2) is 0 Å². The van der Waals surface area contributed by atoms with Crippen LogP contribution in [0.4, 0.5) is 5.69 Å². The molecule has 0 fully saturated rings. The Hall–Kier alpha value is -1.30. The quantitative estimate of drug-likeness (QED) is 0.804. The first kappa shape index (κ1) is 15.1. The molecular formula is C14H13BrClNO3. The molecule has 1 heterocycles. The number of benzene rings is 1. The van der Waals surface area contributed by atoms with Crippen LogP contribution in [0.25, 0.3) is 0 Å². The van der Waals surface area contributed by atoms with Gasteiger partial charge in [-0.25, -0.2) is 0 Å². The Morgan fingerprint density at radius 2 is 2.25 bits per heavy atom. The second kappa shape index (κ2) is 6.92. The van der Waals surface area contributed by atoms with Crippen molar-refractivity contribution < 1.29 is 14.3 Å². The van der Waals surface area contributed by atoms with E-state index >= 15 is 0 Å². The molecule has 0 radical (unpaired) electrons. The summed E-state index contributed by atoms with van der Waals surface area (Å²) >= 11 is 8.86. The maximum Gasteiger partial charge on any atom is 0.239 e. The standard InChI is InChI=1S/C14H13BrClNO3/c15-10-3-4-11(17-14(19)8-16)9(6-10)7-12(18)13-2-1-5-20-13/h1-6,12,18H,7-8H2,(H,17,19). The number of hydrogen-bond donors (Lipinski definition) is 2. The lowest BCUT2D eigenvalue weighted by molar-refractivity contribution is -0.113. The van der Waals surface area contributed by atoms with Gasteiger partial charge in [-0.15, -0.1) is 11.6 Å². The Morgan fingerprint density at radius 1 is 1.45 bits per heavy atom. The number of alkyl halides is 1. The van der Waals surface area contributed by atoms with Crippen molar-refractivity contribution in [3.8, 4) is 0 Å². The summed E-state index contributed by atoms with van der Waals surface area (Å²) in [7, 11) is 0. The van der Waals surface area contributed by atoms with Crippen molar-refractivity contribution in [2.24, 2.45) is 0 Å². The summed E-state index contributed by atoms with van der Waals surface area (Å²) in [5.41, 5.74) is 1.42. The second-order valence-electron chi connectivity index (χ2n) is 4.22. The zero-order chi connectivity index (χ0) is 14.5. The molecule has 2 rings (SSSR count). The predicted molar refractivity (Wildman–Crippen MR) is 80.9 cm³/mol. The van der Waals surface area contributed by atoms with Gasteiger partial charge in [-0.05, 0) is 35.9 Å². The molecule has 0 saturated heterocycles. The van der Waals surface area contributed by atoms with E-state index in [4.69, 9.17) is 16.0 Å². The lowest BCUT2D eigenvalue weighted by atomic mass is 10.0. The summed E-state index contributed by atoms with van der Waals surface area (Å²) in [6.45, 7) is 0. The van der Waals surface area contributed by atoms with Crippen molar-refractivity contribution in [1.82, 2.24) is 0 Å². The molecule has 1 aromatic carbocycles. The van der Waals surface area contributed by atoms with Crippen LogP contribution in [-0.2, 0) is 11.2 Å². The molecule has 6 heteroatoms. The number of anilines is 1.